The molecule has 1 heterocycles. The summed E-state index contributed by atoms with van der Waals surface area (Å²) < 4.78 is 1.94. The summed E-state index contributed by atoms with van der Waals surface area (Å²) in [5, 5.41) is 3.54. The highest BCUT2D eigenvalue weighted by molar-refractivity contribution is 6.30. The third-order valence-electron chi connectivity index (χ3n) is 6.70. The lowest BCUT2D eigenvalue weighted by molar-refractivity contribution is -0.124. The molecule has 1 unspecified atom stereocenters. The van der Waals surface area contributed by atoms with Crippen molar-refractivity contribution in [2.24, 2.45) is 0 Å². The van der Waals surface area contributed by atoms with Gasteiger partial charge in [0.1, 0.15) is 12.6 Å². The molecule has 0 radical (unpaired) electrons. The lowest BCUT2D eigenvalue weighted by Crippen LogP contribution is -2.49. The van der Waals surface area contributed by atoms with E-state index in [1.807, 2.05) is 55.7 Å². The van der Waals surface area contributed by atoms with Crippen LogP contribution in [0.2, 0.25) is 5.02 Å². The second kappa shape index (κ2) is 11.1. The first-order chi connectivity index (χ1) is 17.3. The molecule has 0 spiro atoms. The monoisotopic (exact) mass is 505 g/mol. The zero-order chi connectivity index (χ0) is 25.8. The van der Waals surface area contributed by atoms with Crippen LogP contribution in [0.4, 0.5) is 11.4 Å². The number of hydrogen-bond donors (Lipinski definition) is 1. The second-order valence-electron chi connectivity index (χ2n) is 9.41. The fraction of sp³-hybridized carbons (Fsp3) is 0.345. The number of amides is 2. The van der Waals surface area contributed by atoms with Crippen molar-refractivity contribution in [2.75, 3.05) is 10.2 Å². The molecule has 2 amide bonds. The van der Waals surface area contributed by atoms with Gasteiger partial charge in [-0.05, 0) is 75.6 Å². The number of aryl methyl sites for hydroxylation is 2. The SMILES string of the molecule is CCCC(C(=O)Nc1ccc(Cl)cc1)N(C(=O)Cn1c(C)cc2c1CCCC2=O)c1ccc(C)cc1. The van der Waals surface area contributed by atoms with Gasteiger partial charge in [0, 0.05) is 39.8 Å². The summed E-state index contributed by atoms with van der Waals surface area (Å²) in [6, 6.07) is 15.8. The van der Waals surface area contributed by atoms with E-state index in [2.05, 4.69) is 5.32 Å². The molecule has 0 saturated heterocycles. The minimum absolute atomic E-state index is 0.0662. The number of carbonyl (C=O) groups is 3. The second-order valence-corrected chi connectivity index (χ2v) is 9.85. The Morgan fingerprint density at radius 3 is 2.42 bits per heavy atom. The summed E-state index contributed by atoms with van der Waals surface area (Å²) >= 11 is 6.00. The number of Topliss-reactive ketones (excluding diaryl/α,β-unsaturated/α-hetero) is 1. The highest BCUT2D eigenvalue weighted by Crippen LogP contribution is 2.27. The fourth-order valence-corrected chi connectivity index (χ4v) is 4.96. The summed E-state index contributed by atoms with van der Waals surface area (Å²) in [5.74, 6) is -0.315. The Morgan fingerprint density at radius 2 is 1.75 bits per heavy atom. The van der Waals surface area contributed by atoms with Crippen LogP contribution in [0, 0.1) is 13.8 Å². The number of aromatic nitrogens is 1. The topological polar surface area (TPSA) is 71.4 Å². The fourth-order valence-electron chi connectivity index (χ4n) is 4.83. The maximum atomic E-state index is 14.0. The first-order valence-corrected chi connectivity index (χ1v) is 12.8. The maximum Gasteiger partial charge on any atom is 0.247 e. The van der Waals surface area contributed by atoms with Crippen LogP contribution >= 0.6 is 11.6 Å². The molecule has 4 rings (SSSR count). The first kappa shape index (κ1) is 25.7. The van der Waals surface area contributed by atoms with E-state index < -0.39 is 6.04 Å². The number of halogens is 1. The van der Waals surface area contributed by atoms with Gasteiger partial charge in [0.25, 0.3) is 0 Å². The number of anilines is 2. The lowest BCUT2D eigenvalue weighted by atomic mass is 9.96. The average Bonchev–Trinajstić information content (AvgIpc) is 3.17. The molecule has 0 bridgehead atoms. The summed E-state index contributed by atoms with van der Waals surface area (Å²) in [6.45, 7) is 5.97. The zero-order valence-electron chi connectivity index (χ0n) is 21.0. The normalized spacial score (nSPS) is 13.7. The molecule has 2 aromatic carbocycles. The van der Waals surface area contributed by atoms with Gasteiger partial charge in [-0.25, -0.2) is 0 Å². The average molecular weight is 506 g/mol. The molecule has 3 aromatic rings. The largest absolute Gasteiger partial charge is 0.339 e. The molecule has 1 aliphatic rings. The number of rotatable bonds is 8. The van der Waals surface area contributed by atoms with Gasteiger partial charge in [-0.2, -0.15) is 0 Å². The Labute approximate surface area is 217 Å². The number of carbonyl (C=O) groups excluding carboxylic acids is 3. The standard InChI is InChI=1S/C29H32ClN3O3/c1-4-6-26(29(36)31-22-13-11-21(30)12-14-22)33(23-15-9-19(2)10-16-23)28(35)18-32-20(3)17-24-25(32)7-5-8-27(24)34/h9-17,26H,4-8,18H2,1-3H3,(H,31,36). The van der Waals surface area contributed by atoms with Gasteiger partial charge < -0.3 is 9.88 Å². The van der Waals surface area contributed by atoms with Gasteiger partial charge in [0.05, 0.1) is 0 Å². The van der Waals surface area contributed by atoms with Crippen molar-refractivity contribution < 1.29 is 14.4 Å². The van der Waals surface area contributed by atoms with E-state index in [0.29, 0.717) is 29.2 Å². The van der Waals surface area contributed by atoms with Crippen LogP contribution in [0.5, 0.6) is 0 Å². The van der Waals surface area contributed by atoms with Crippen LogP contribution in [-0.2, 0) is 22.6 Å². The summed E-state index contributed by atoms with van der Waals surface area (Å²) in [4.78, 5) is 41.5. The van der Waals surface area contributed by atoms with Crippen molar-refractivity contribution in [3.8, 4) is 0 Å². The van der Waals surface area contributed by atoms with E-state index >= 15 is 0 Å². The molecule has 188 valence electrons. The van der Waals surface area contributed by atoms with Crippen molar-refractivity contribution in [3.05, 3.63) is 82.1 Å². The van der Waals surface area contributed by atoms with Gasteiger partial charge in [0.15, 0.2) is 5.78 Å². The predicted molar refractivity (Wildman–Crippen MR) is 144 cm³/mol. The van der Waals surface area contributed by atoms with E-state index in [0.717, 1.165) is 41.8 Å². The quantitative estimate of drug-likeness (QED) is 0.401. The van der Waals surface area contributed by atoms with Gasteiger partial charge >= 0.3 is 0 Å². The van der Waals surface area contributed by atoms with Crippen LogP contribution in [0.15, 0.2) is 54.6 Å². The third-order valence-corrected chi connectivity index (χ3v) is 6.95. The lowest BCUT2D eigenvalue weighted by Gasteiger charge is -2.32. The van der Waals surface area contributed by atoms with Gasteiger partial charge in [-0.1, -0.05) is 42.6 Å². The van der Waals surface area contributed by atoms with Gasteiger partial charge in [-0.15, -0.1) is 0 Å². The van der Waals surface area contributed by atoms with Crippen LogP contribution in [0.1, 0.15) is 59.9 Å². The molecule has 1 N–H and O–H groups in total. The molecule has 0 saturated carbocycles. The Bertz CT molecular complexity index is 1260. The summed E-state index contributed by atoms with van der Waals surface area (Å²) in [6.07, 6.45) is 3.32. The Morgan fingerprint density at radius 1 is 1.06 bits per heavy atom. The van der Waals surface area contributed by atoms with Crippen molar-refractivity contribution >= 4 is 40.6 Å². The number of nitrogens with one attached hydrogen (secondary N) is 1. The number of benzene rings is 2. The van der Waals surface area contributed by atoms with Crippen LogP contribution in [0.3, 0.4) is 0 Å². The molecule has 1 aliphatic carbocycles. The maximum absolute atomic E-state index is 14.0. The van der Waals surface area contributed by atoms with Crippen LogP contribution in [0.25, 0.3) is 0 Å². The predicted octanol–water partition coefficient (Wildman–Crippen LogP) is 6.12. The van der Waals surface area contributed by atoms with E-state index in [-0.39, 0.29) is 24.1 Å². The molecule has 7 heteroatoms. The molecule has 1 aromatic heterocycles. The minimum Gasteiger partial charge on any atom is -0.339 e. The smallest absolute Gasteiger partial charge is 0.247 e. The molecule has 0 fully saturated rings. The summed E-state index contributed by atoms with van der Waals surface area (Å²) in [7, 11) is 0. The van der Waals surface area contributed by atoms with E-state index in [1.54, 1.807) is 29.2 Å². The number of hydrogen-bond acceptors (Lipinski definition) is 3. The van der Waals surface area contributed by atoms with Crippen molar-refractivity contribution in [1.82, 2.24) is 4.57 Å². The Kier molecular flexibility index (Phi) is 7.94. The van der Waals surface area contributed by atoms with Crippen LogP contribution < -0.4 is 10.2 Å². The van der Waals surface area contributed by atoms with E-state index in [4.69, 9.17) is 11.6 Å². The molecular formula is C29H32ClN3O3. The third kappa shape index (κ3) is 5.54. The Hall–Kier alpha value is -3.38. The molecule has 0 aliphatic heterocycles. The molecular weight excluding hydrogens is 474 g/mol. The molecule has 6 nitrogen and oxygen atoms in total. The van der Waals surface area contributed by atoms with Crippen LogP contribution in [-0.4, -0.2) is 28.2 Å². The van der Waals surface area contributed by atoms with Gasteiger partial charge in [-0.3, -0.25) is 19.3 Å². The number of nitrogens with zero attached hydrogens (tertiary/aromatic N) is 2. The molecule has 1 atom stereocenters. The highest BCUT2D eigenvalue weighted by atomic mass is 35.5. The van der Waals surface area contributed by atoms with E-state index in [9.17, 15) is 14.4 Å². The number of ketones is 1. The summed E-state index contributed by atoms with van der Waals surface area (Å²) in [5.41, 5.74) is 4.88. The van der Waals surface area contributed by atoms with Crippen molar-refractivity contribution in [3.63, 3.8) is 0 Å². The number of fused-ring (bicyclic) bond motifs is 1. The van der Waals surface area contributed by atoms with Gasteiger partial charge in [0.2, 0.25) is 11.8 Å². The van der Waals surface area contributed by atoms with Crippen molar-refractivity contribution in [2.45, 2.75) is 65.5 Å². The highest BCUT2D eigenvalue weighted by Gasteiger charge is 2.32. The van der Waals surface area contributed by atoms with E-state index in [1.165, 1.54) is 0 Å². The first-order valence-electron chi connectivity index (χ1n) is 12.5. The Balaban J connectivity index is 1.69. The zero-order valence-corrected chi connectivity index (χ0v) is 21.8. The van der Waals surface area contributed by atoms with Crippen molar-refractivity contribution in [1.29, 1.82) is 0 Å². The minimum atomic E-state index is -0.700. The molecule has 36 heavy (non-hydrogen) atoms.